The lowest BCUT2D eigenvalue weighted by atomic mass is 9.99. The van der Waals surface area contributed by atoms with E-state index in [1.54, 1.807) is 0 Å². The van der Waals surface area contributed by atoms with Gasteiger partial charge in [-0.05, 0) is 55.2 Å². The van der Waals surface area contributed by atoms with Crippen molar-refractivity contribution in [2.75, 3.05) is 54.5 Å². The second-order valence-corrected chi connectivity index (χ2v) is 7.95. The van der Waals surface area contributed by atoms with E-state index in [0.29, 0.717) is 0 Å². The summed E-state index contributed by atoms with van der Waals surface area (Å²) in [6.45, 7) is 5.53. The van der Waals surface area contributed by atoms with Crippen molar-refractivity contribution < 1.29 is 9.53 Å². The van der Waals surface area contributed by atoms with Crippen molar-refractivity contribution in [1.82, 2.24) is 0 Å². The van der Waals surface area contributed by atoms with E-state index in [9.17, 15) is 4.79 Å². The lowest BCUT2D eigenvalue weighted by Crippen LogP contribution is -2.36. The van der Waals surface area contributed by atoms with Crippen LogP contribution in [0.3, 0.4) is 0 Å². The molecule has 1 amide bonds. The molecule has 0 aliphatic carbocycles. The Labute approximate surface area is 172 Å². The minimum Gasteiger partial charge on any atom is -0.378 e. The summed E-state index contributed by atoms with van der Waals surface area (Å²) in [6.07, 6.45) is 5.75. The Balaban J connectivity index is 1.46. The fourth-order valence-electron chi connectivity index (χ4n) is 4.54. The number of benzene rings is 2. The van der Waals surface area contributed by atoms with Crippen LogP contribution in [0.4, 0.5) is 17.1 Å². The smallest absolute Gasteiger partial charge is 0.256 e. The van der Waals surface area contributed by atoms with Crippen molar-refractivity contribution in [3.63, 3.8) is 0 Å². The van der Waals surface area contributed by atoms with Gasteiger partial charge in [0.05, 0.1) is 24.5 Å². The third kappa shape index (κ3) is 3.62. The first-order valence-corrected chi connectivity index (χ1v) is 10.6. The molecule has 3 heterocycles. The average molecular weight is 389 g/mol. The number of hydrogen-bond donors (Lipinski definition) is 1. The second-order valence-electron chi connectivity index (χ2n) is 7.95. The highest BCUT2D eigenvalue weighted by Gasteiger charge is 2.29. The SMILES string of the molecule is O=C1Nc2cccc(N3CCCCC3)c2C1=Cc1ccc(N2CCOCC2)cc1. The van der Waals surface area contributed by atoms with Crippen LogP contribution in [0.2, 0.25) is 0 Å². The van der Waals surface area contributed by atoms with E-state index in [0.717, 1.165) is 61.8 Å². The van der Waals surface area contributed by atoms with E-state index in [1.165, 1.54) is 30.6 Å². The fourth-order valence-corrected chi connectivity index (χ4v) is 4.54. The molecule has 0 radical (unpaired) electrons. The Bertz CT molecular complexity index is 924. The first kappa shape index (κ1) is 18.3. The lowest BCUT2D eigenvalue weighted by molar-refractivity contribution is -0.110. The molecule has 0 saturated carbocycles. The monoisotopic (exact) mass is 389 g/mol. The van der Waals surface area contributed by atoms with Gasteiger partial charge in [-0.2, -0.15) is 0 Å². The fraction of sp³-hybridized carbons (Fsp3) is 0.375. The third-order valence-electron chi connectivity index (χ3n) is 6.08. The molecule has 2 fully saturated rings. The number of nitrogens with zero attached hydrogens (tertiary/aromatic N) is 2. The van der Waals surface area contributed by atoms with Crippen LogP contribution in [0.25, 0.3) is 11.6 Å². The van der Waals surface area contributed by atoms with E-state index in [1.807, 2.05) is 18.2 Å². The van der Waals surface area contributed by atoms with Crippen molar-refractivity contribution in [2.45, 2.75) is 19.3 Å². The molecule has 0 spiro atoms. The molecule has 0 bridgehead atoms. The summed E-state index contributed by atoms with van der Waals surface area (Å²) >= 11 is 0. The third-order valence-corrected chi connectivity index (χ3v) is 6.08. The Morgan fingerprint density at radius 1 is 0.862 bits per heavy atom. The molecule has 2 saturated heterocycles. The second kappa shape index (κ2) is 7.91. The molecule has 150 valence electrons. The van der Waals surface area contributed by atoms with E-state index < -0.39 is 0 Å². The number of anilines is 3. The van der Waals surface area contributed by atoms with Gasteiger partial charge in [0.2, 0.25) is 0 Å². The summed E-state index contributed by atoms with van der Waals surface area (Å²) < 4.78 is 5.44. The summed E-state index contributed by atoms with van der Waals surface area (Å²) in [5.74, 6) is -0.0123. The molecule has 5 heteroatoms. The molecule has 0 unspecified atom stereocenters. The largest absolute Gasteiger partial charge is 0.378 e. The maximum absolute atomic E-state index is 12.8. The normalized spacial score (nSPS) is 20.7. The van der Waals surface area contributed by atoms with Gasteiger partial charge >= 0.3 is 0 Å². The number of piperidine rings is 1. The first-order chi connectivity index (χ1) is 14.3. The van der Waals surface area contributed by atoms with Gasteiger partial charge in [0.25, 0.3) is 5.91 Å². The van der Waals surface area contributed by atoms with E-state index >= 15 is 0 Å². The van der Waals surface area contributed by atoms with Crippen molar-refractivity contribution >= 4 is 34.6 Å². The Morgan fingerprint density at radius 2 is 1.62 bits per heavy atom. The summed E-state index contributed by atoms with van der Waals surface area (Å²) in [6, 6.07) is 14.7. The summed E-state index contributed by atoms with van der Waals surface area (Å²) in [5, 5.41) is 3.05. The number of rotatable bonds is 3. The maximum atomic E-state index is 12.8. The molecule has 2 aromatic carbocycles. The molecule has 2 aromatic rings. The number of morpholine rings is 1. The zero-order valence-electron chi connectivity index (χ0n) is 16.7. The van der Waals surface area contributed by atoms with Gasteiger partial charge in [-0.1, -0.05) is 18.2 Å². The zero-order chi connectivity index (χ0) is 19.6. The molecule has 3 aliphatic heterocycles. The van der Waals surface area contributed by atoms with Gasteiger partial charge in [0.1, 0.15) is 0 Å². The van der Waals surface area contributed by atoms with Crippen LogP contribution in [0.1, 0.15) is 30.4 Å². The number of carbonyl (C=O) groups excluding carboxylic acids is 1. The van der Waals surface area contributed by atoms with Crippen LogP contribution in [-0.2, 0) is 9.53 Å². The Kier molecular flexibility index (Phi) is 4.98. The molecular formula is C24H27N3O2. The van der Waals surface area contributed by atoms with Gasteiger partial charge in [0.15, 0.2) is 0 Å². The topological polar surface area (TPSA) is 44.8 Å². The molecule has 0 aromatic heterocycles. The minimum absolute atomic E-state index is 0.0123. The van der Waals surface area contributed by atoms with Gasteiger partial charge in [-0.25, -0.2) is 0 Å². The highest BCUT2D eigenvalue weighted by atomic mass is 16.5. The predicted octanol–water partition coefficient (Wildman–Crippen LogP) is 4.01. The van der Waals surface area contributed by atoms with Crippen LogP contribution in [0, 0.1) is 0 Å². The molecule has 5 nitrogen and oxygen atoms in total. The van der Waals surface area contributed by atoms with Crippen molar-refractivity contribution in [3.05, 3.63) is 53.6 Å². The Morgan fingerprint density at radius 3 is 2.38 bits per heavy atom. The molecule has 29 heavy (non-hydrogen) atoms. The van der Waals surface area contributed by atoms with Crippen molar-refractivity contribution in [1.29, 1.82) is 0 Å². The maximum Gasteiger partial charge on any atom is 0.256 e. The minimum atomic E-state index is -0.0123. The van der Waals surface area contributed by atoms with Gasteiger partial charge in [0, 0.05) is 43.1 Å². The standard InChI is InChI=1S/C24H27N3O2/c28-24-20(17-18-7-9-19(10-8-18)26-13-15-29-16-14-26)23-21(25-24)5-4-6-22(23)27-11-2-1-3-12-27/h4-10,17H,1-3,11-16H2,(H,25,28). The van der Waals surface area contributed by atoms with Crippen LogP contribution in [0.15, 0.2) is 42.5 Å². The number of ether oxygens (including phenoxy) is 1. The number of nitrogens with one attached hydrogen (secondary N) is 1. The van der Waals surface area contributed by atoms with Crippen molar-refractivity contribution in [3.8, 4) is 0 Å². The number of fused-ring (bicyclic) bond motifs is 1. The van der Waals surface area contributed by atoms with Crippen LogP contribution in [-0.4, -0.2) is 45.3 Å². The zero-order valence-corrected chi connectivity index (χ0v) is 16.7. The lowest BCUT2D eigenvalue weighted by Gasteiger charge is -2.30. The molecule has 3 aliphatic rings. The first-order valence-electron chi connectivity index (χ1n) is 10.6. The molecule has 1 N–H and O–H groups in total. The molecule has 0 atom stereocenters. The Hall–Kier alpha value is -2.79. The van der Waals surface area contributed by atoms with Crippen LogP contribution in [0.5, 0.6) is 0 Å². The van der Waals surface area contributed by atoms with Crippen LogP contribution >= 0.6 is 0 Å². The van der Waals surface area contributed by atoms with E-state index in [2.05, 4.69) is 45.4 Å². The number of hydrogen-bond acceptors (Lipinski definition) is 4. The van der Waals surface area contributed by atoms with Crippen molar-refractivity contribution in [2.24, 2.45) is 0 Å². The average Bonchev–Trinajstić information content (AvgIpc) is 3.10. The van der Waals surface area contributed by atoms with E-state index in [-0.39, 0.29) is 5.91 Å². The highest BCUT2D eigenvalue weighted by molar-refractivity contribution is 6.36. The quantitative estimate of drug-likeness (QED) is 0.806. The van der Waals surface area contributed by atoms with Gasteiger partial charge < -0.3 is 19.9 Å². The number of carbonyl (C=O) groups is 1. The molecule has 5 rings (SSSR count). The van der Waals surface area contributed by atoms with Crippen LogP contribution < -0.4 is 15.1 Å². The number of amides is 1. The molecular weight excluding hydrogens is 362 g/mol. The van der Waals surface area contributed by atoms with Gasteiger partial charge in [-0.15, -0.1) is 0 Å². The summed E-state index contributed by atoms with van der Waals surface area (Å²) in [7, 11) is 0. The predicted molar refractivity (Wildman–Crippen MR) is 118 cm³/mol. The summed E-state index contributed by atoms with van der Waals surface area (Å²) in [5.41, 5.74) is 6.18. The summed E-state index contributed by atoms with van der Waals surface area (Å²) in [4.78, 5) is 17.5. The highest BCUT2D eigenvalue weighted by Crippen LogP contribution is 2.41. The van der Waals surface area contributed by atoms with Gasteiger partial charge in [-0.3, -0.25) is 4.79 Å². The van der Waals surface area contributed by atoms with E-state index in [4.69, 9.17) is 4.74 Å².